The molecule has 1 amide bonds. The predicted molar refractivity (Wildman–Crippen MR) is 99.2 cm³/mol. The molecule has 0 unspecified atom stereocenters. The lowest BCUT2D eigenvalue weighted by molar-refractivity contribution is -0.121. The summed E-state index contributed by atoms with van der Waals surface area (Å²) in [5.41, 5.74) is 2.49. The molecule has 4 nitrogen and oxygen atoms in total. The van der Waals surface area contributed by atoms with Crippen LogP contribution in [0.5, 0.6) is 0 Å². The monoisotopic (exact) mass is 329 g/mol. The maximum absolute atomic E-state index is 12.2. The van der Waals surface area contributed by atoms with Crippen LogP contribution in [0.4, 0.5) is 5.69 Å². The van der Waals surface area contributed by atoms with Crippen LogP contribution >= 0.6 is 0 Å². The van der Waals surface area contributed by atoms with Crippen molar-refractivity contribution in [2.45, 2.75) is 57.5 Å². The second-order valence-corrected chi connectivity index (χ2v) is 7.31. The molecule has 2 fully saturated rings. The van der Waals surface area contributed by atoms with E-state index in [4.69, 9.17) is 0 Å². The number of nitrogens with one attached hydrogen (secondary N) is 1. The smallest absolute Gasteiger partial charge is 0.220 e. The van der Waals surface area contributed by atoms with Crippen LogP contribution in [-0.2, 0) is 11.3 Å². The van der Waals surface area contributed by atoms with E-state index in [-0.39, 0.29) is 5.91 Å². The third kappa shape index (κ3) is 4.73. The van der Waals surface area contributed by atoms with Gasteiger partial charge in [-0.15, -0.1) is 0 Å². The van der Waals surface area contributed by atoms with Crippen LogP contribution in [0.25, 0.3) is 0 Å². The van der Waals surface area contributed by atoms with Crippen molar-refractivity contribution in [2.24, 2.45) is 0 Å². The number of likely N-dealkylation sites (tertiary alicyclic amines) is 1. The molecule has 2 aliphatic heterocycles. The highest BCUT2D eigenvalue weighted by atomic mass is 16.1. The molecule has 4 heteroatoms. The van der Waals surface area contributed by atoms with E-state index in [1.165, 1.54) is 49.9 Å². The predicted octanol–water partition coefficient (Wildman–Crippen LogP) is 3.17. The fourth-order valence-corrected chi connectivity index (χ4v) is 3.93. The maximum atomic E-state index is 12.2. The van der Waals surface area contributed by atoms with Crippen LogP contribution < -0.4 is 10.2 Å². The Bertz CT molecular complexity index is 539. The molecule has 2 saturated heterocycles. The van der Waals surface area contributed by atoms with Crippen LogP contribution in [-0.4, -0.2) is 43.5 Å². The highest BCUT2D eigenvalue weighted by Crippen LogP contribution is 2.21. The SMILES string of the molecule is CN1CCCC[C@H]1CCC(=O)NCc1cccc(N2CCCC2)c1. The van der Waals surface area contributed by atoms with Gasteiger partial charge in [0, 0.05) is 37.8 Å². The molecular weight excluding hydrogens is 298 g/mol. The van der Waals surface area contributed by atoms with Crippen molar-refractivity contribution in [1.82, 2.24) is 10.2 Å². The molecule has 0 aromatic heterocycles. The van der Waals surface area contributed by atoms with E-state index in [1.54, 1.807) is 0 Å². The molecular formula is C20H31N3O. The molecule has 1 aromatic carbocycles. The number of piperidine rings is 1. The maximum Gasteiger partial charge on any atom is 0.220 e. The molecule has 1 N–H and O–H groups in total. The minimum Gasteiger partial charge on any atom is -0.372 e. The lowest BCUT2D eigenvalue weighted by Gasteiger charge is -2.32. The van der Waals surface area contributed by atoms with E-state index >= 15 is 0 Å². The van der Waals surface area contributed by atoms with Gasteiger partial charge in [0.05, 0.1) is 0 Å². The quantitative estimate of drug-likeness (QED) is 0.871. The average Bonchev–Trinajstić information content (AvgIpc) is 3.14. The van der Waals surface area contributed by atoms with Gasteiger partial charge in [-0.3, -0.25) is 4.79 Å². The van der Waals surface area contributed by atoms with Gasteiger partial charge in [-0.05, 0) is 63.4 Å². The summed E-state index contributed by atoms with van der Waals surface area (Å²) in [7, 11) is 2.19. The van der Waals surface area contributed by atoms with Gasteiger partial charge in [-0.1, -0.05) is 18.6 Å². The van der Waals surface area contributed by atoms with Crippen LogP contribution in [0.15, 0.2) is 24.3 Å². The number of nitrogens with zero attached hydrogens (tertiary/aromatic N) is 2. The van der Waals surface area contributed by atoms with Crippen molar-refractivity contribution in [2.75, 3.05) is 31.6 Å². The number of anilines is 1. The largest absolute Gasteiger partial charge is 0.372 e. The molecule has 0 bridgehead atoms. The molecule has 1 aromatic rings. The topological polar surface area (TPSA) is 35.6 Å². The Hall–Kier alpha value is -1.55. The van der Waals surface area contributed by atoms with E-state index in [0.29, 0.717) is 19.0 Å². The van der Waals surface area contributed by atoms with Crippen LogP contribution in [0.1, 0.15) is 50.5 Å². The molecule has 0 aliphatic carbocycles. The molecule has 1 atom stereocenters. The number of amides is 1. The van der Waals surface area contributed by atoms with Crippen molar-refractivity contribution >= 4 is 11.6 Å². The van der Waals surface area contributed by atoms with E-state index in [2.05, 4.69) is 46.4 Å². The Balaban J connectivity index is 1.43. The summed E-state index contributed by atoms with van der Waals surface area (Å²) in [6, 6.07) is 9.19. The number of carbonyl (C=O) groups excluding carboxylic acids is 1. The van der Waals surface area contributed by atoms with E-state index in [1.807, 2.05) is 0 Å². The van der Waals surface area contributed by atoms with Gasteiger partial charge in [-0.25, -0.2) is 0 Å². The lowest BCUT2D eigenvalue weighted by Crippen LogP contribution is -2.37. The van der Waals surface area contributed by atoms with E-state index in [9.17, 15) is 4.79 Å². The van der Waals surface area contributed by atoms with E-state index in [0.717, 1.165) is 19.5 Å². The number of benzene rings is 1. The Morgan fingerprint density at radius 1 is 1.17 bits per heavy atom. The van der Waals surface area contributed by atoms with Gasteiger partial charge in [0.15, 0.2) is 0 Å². The third-order valence-electron chi connectivity index (χ3n) is 5.50. The van der Waals surface area contributed by atoms with Gasteiger partial charge in [0.25, 0.3) is 0 Å². The first-order valence-electron chi connectivity index (χ1n) is 9.53. The third-order valence-corrected chi connectivity index (χ3v) is 5.50. The summed E-state index contributed by atoms with van der Waals surface area (Å²) in [5, 5.41) is 3.10. The Morgan fingerprint density at radius 2 is 1.96 bits per heavy atom. The lowest BCUT2D eigenvalue weighted by atomic mass is 9.98. The zero-order valence-electron chi connectivity index (χ0n) is 15.0. The van der Waals surface area contributed by atoms with Gasteiger partial charge < -0.3 is 15.1 Å². The van der Waals surface area contributed by atoms with Crippen LogP contribution in [0.3, 0.4) is 0 Å². The normalized spacial score (nSPS) is 21.9. The molecule has 3 rings (SSSR count). The minimum absolute atomic E-state index is 0.181. The number of hydrogen-bond donors (Lipinski definition) is 1. The van der Waals surface area contributed by atoms with Crippen molar-refractivity contribution in [3.8, 4) is 0 Å². The number of rotatable bonds is 6. The summed E-state index contributed by atoms with van der Waals surface area (Å²) >= 11 is 0. The fraction of sp³-hybridized carbons (Fsp3) is 0.650. The van der Waals surface area contributed by atoms with Gasteiger partial charge in [0.2, 0.25) is 5.91 Å². The fourth-order valence-electron chi connectivity index (χ4n) is 3.93. The second kappa shape index (κ2) is 8.52. The van der Waals surface area contributed by atoms with Crippen molar-refractivity contribution in [3.05, 3.63) is 29.8 Å². The van der Waals surface area contributed by atoms with Gasteiger partial charge >= 0.3 is 0 Å². The standard InChI is InChI=1S/C20H31N3O/c1-22-12-3-2-8-18(22)10-11-20(24)21-16-17-7-6-9-19(15-17)23-13-4-5-14-23/h6-7,9,15,18H,2-5,8,10-14,16H2,1H3,(H,21,24)/t18-/m0/s1. The first-order chi connectivity index (χ1) is 11.7. The molecule has 0 radical (unpaired) electrons. The molecule has 0 spiro atoms. The van der Waals surface area contributed by atoms with Crippen molar-refractivity contribution in [3.63, 3.8) is 0 Å². The Kier molecular flexibility index (Phi) is 6.13. The van der Waals surface area contributed by atoms with Crippen molar-refractivity contribution < 1.29 is 4.79 Å². The van der Waals surface area contributed by atoms with Gasteiger partial charge in [0.1, 0.15) is 0 Å². The van der Waals surface area contributed by atoms with Crippen LogP contribution in [0, 0.1) is 0 Å². The zero-order chi connectivity index (χ0) is 16.8. The number of carbonyl (C=O) groups is 1. The first kappa shape index (κ1) is 17.3. The summed E-state index contributed by atoms with van der Waals surface area (Å²) in [6.07, 6.45) is 8.04. The Labute approximate surface area is 146 Å². The minimum atomic E-state index is 0.181. The highest BCUT2D eigenvalue weighted by Gasteiger charge is 2.19. The summed E-state index contributed by atoms with van der Waals surface area (Å²) in [4.78, 5) is 17.0. The average molecular weight is 329 g/mol. The van der Waals surface area contributed by atoms with Crippen molar-refractivity contribution in [1.29, 1.82) is 0 Å². The van der Waals surface area contributed by atoms with Gasteiger partial charge in [-0.2, -0.15) is 0 Å². The first-order valence-corrected chi connectivity index (χ1v) is 9.53. The highest BCUT2D eigenvalue weighted by molar-refractivity contribution is 5.75. The zero-order valence-corrected chi connectivity index (χ0v) is 15.0. The van der Waals surface area contributed by atoms with E-state index < -0.39 is 0 Å². The molecule has 0 saturated carbocycles. The molecule has 2 heterocycles. The molecule has 2 aliphatic rings. The summed E-state index contributed by atoms with van der Waals surface area (Å²) in [6.45, 7) is 4.13. The summed E-state index contributed by atoms with van der Waals surface area (Å²) in [5.74, 6) is 0.181. The molecule has 24 heavy (non-hydrogen) atoms. The second-order valence-electron chi connectivity index (χ2n) is 7.31. The Morgan fingerprint density at radius 3 is 2.75 bits per heavy atom. The number of hydrogen-bond acceptors (Lipinski definition) is 3. The molecule has 132 valence electrons. The van der Waals surface area contributed by atoms with Crippen LogP contribution in [0.2, 0.25) is 0 Å². The summed E-state index contributed by atoms with van der Waals surface area (Å²) < 4.78 is 0.